The summed E-state index contributed by atoms with van der Waals surface area (Å²) in [5.74, 6) is 2.30. The average Bonchev–Trinajstić information content (AvgIpc) is 2.31. The number of ether oxygens (including phenoxy) is 2. The second-order valence-electron chi connectivity index (χ2n) is 5.43. The fourth-order valence-electron chi connectivity index (χ4n) is 1.84. The Labute approximate surface area is 117 Å². The molecule has 0 radical (unpaired) electrons. The Morgan fingerprint density at radius 1 is 1.11 bits per heavy atom. The molecule has 2 N–H and O–H groups in total. The molecular formula is C16H27NO2. The molecule has 19 heavy (non-hydrogen) atoms. The molecule has 3 nitrogen and oxygen atoms in total. The lowest BCUT2D eigenvalue weighted by molar-refractivity contribution is 0.261. The SMILES string of the molecule is CCOc1cc(CC(C)N)ccc1OCCC(C)C. The molecule has 108 valence electrons. The largest absolute Gasteiger partial charge is 0.490 e. The van der Waals surface area contributed by atoms with Crippen molar-refractivity contribution < 1.29 is 9.47 Å². The van der Waals surface area contributed by atoms with Crippen LogP contribution in [0.1, 0.15) is 39.7 Å². The van der Waals surface area contributed by atoms with Crippen LogP contribution in [-0.4, -0.2) is 19.3 Å². The van der Waals surface area contributed by atoms with Gasteiger partial charge in [-0.3, -0.25) is 0 Å². The maximum absolute atomic E-state index is 5.83. The van der Waals surface area contributed by atoms with E-state index in [1.807, 2.05) is 26.0 Å². The van der Waals surface area contributed by atoms with Crippen molar-refractivity contribution in [3.63, 3.8) is 0 Å². The van der Waals surface area contributed by atoms with Gasteiger partial charge in [-0.15, -0.1) is 0 Å². The summed E-state index contributed by atoms with van der Waals surface area (Å²) in [6.45, 7) is 9.74. The number of benzene rings is 1. The van der Waals surface area contributed by atoms with E-state index in [0.29, 0.717) is 12.5 Å². The fraction of sp³-hybridized carbons (Fsp3) is 0.625. The molecule has 1 aromatic carbocycles. The van der Waals surface area contributed by atoms with E-state index in [1.165, 1.54) is 5.56 Å². The van der Waals surface area contributed by atoms with Crippen LogP contribution in [0.2, 0.25) is 0 Å². The zero-order valence-electron chi connectivity index (χ0n) is 12.6. The fourth-order valence-corrected chi connectivity index (χ4v) is 1.84. The standard InChI is InChI=1S/C16H27NO2/c1-5-18-16-11-14(10-13(4)17)6-7-15(16)19-9-8-12(2)3/h6-7,11-13H,5,8-10,17H2,1-4H3. The zero-order valence-corrected chi connectivity index (χ0v) is 12.6. The highest BCUT2D eigenvalue weighted by Crippen LogP contribution is 2.29. The van der Waals surface area contributed by atoms with E-state index in [0.717, 1.165) is 30.9 Å². The van der Waals surface area contributed by atoms with Gasteiger partial charge in [0.25, 0.3) is 0 Å². The van der Waals surface area contributed by atoms with Crippen molar-refractivity contribution in [1.82, 2.24) is 0 Å². The normalized spacial score (nSPS) is 12.5. The van der Waals surface area contributed by atoms with Crippen LogP contribution in [0.4, 0.5) is 0 Å². The first kappa shape index (κ1) is 15.8. The zero-order chi connectivity index (χ0) is 14.3. The second kappa shape index (κ2) is 8.05. The van der Waals surface area contributed by atoms with Gasteiger partial charge in [-0.2, -0.15) is 0 Å². The molecule has 0 heterocycles. The van der Waals surface area contributed by atoms with Gasteiger partial charge in [-0.05, 0) is 50.3 Å². The minimum atomic E-state index is 0.155. The average molecular weight is 265 g/mol. The summed E-state index contributed by atoms with van der Waals surface area (Å²) in [4.78, 5) is 0. The molecule has 1 atom stereocenters. The first-order valence-corrected chi connectivity index (χ1v) is 7.17. The molecule has 3 heteroatoms. The first-order valence-electron chi connectivity index (χ1n) is 7.17. The smallest absolute Gasteiger partial charge is 0.161 e. The maximum Gasteiger partial charge on any atom is 0.161 e. The number of hydrogen-bond donors (Lipinski definition) is 1. The van der Waals surface area contributed by atoms with Crippen molar-refractivity contribution in [2.45, 2.75) is 46.6 Å². The Morgan fingerprint density at radius 2 is 1.84 bits per heavy atom. The molecule has 0 bridgehead atoms. The van der Waals surface area contributed by atoms with Crippen LogP contribution in [0.3, 0.4) is 0 Å². The van der Waals surface area contributed by atoms with Crippen LogP contribution in [0.15, 0.2) is 18.2 Å². The highest BCUT2D eigenvalue weighted by molar-refractivity contribution is 5.43. The van der Waals surface area contributed by atoms with Crippen molar-refractivity contribution in [3.05, 3.63) is 23.8 Å². The lowest BCUT2D eigenvalue weighted by Gasteiger charge is -2.14. The topological polar surface area (TPSA) is 44.5 Å². The van der Waals surface area contributed by atoms with Crippen LogP contribution < -0.4 is 15.2 Å². The molecule has 0 saturated heterocycles. The summed E-state index contributed by atoms with van der Waals surface area (Å²) in [5, 5.41) is 0. The van der Waals surface area contributed by atoms with Crippen molar-refractivity contribution in [3.8, 4) is 11.5 Å². The molecule has 0 aliphatic rings. The van der Waals surface area contributed by atoms with E-state index in [9.17, 15) is 0 Å². The molecular weight excluding hydrogens is 238 g/mol. The molecule has 0 aliphatic carbocycles. The van der Waals surface area contributed by atoms with E-state index in [-0.39, 0.29) is 6.04 Å². The summed E-state index contributed by atoms with van der Waals surface area (Å²) in [6.07, 6.45) is 1.90. The Balaban J connectivity index is 2.73. The van der Waals surface area contributed by atoms with Gasteiger partial charge in [0.2, 0.25) is 0 Å². The van der Waals surface area contributed by atoms with Crippen LogP contribution in [0.25, 0.3) is 0 Å². The highest BCUT2D eigenvalue weighted by atomic mass is 16.5. The number of hydrogen-bond acceptors (Lipinski definition) is 3. The van der Waals surface area contributed by atoms with Crippen LogP contribution >= 0.6 is 0 Å². The Morgan fingerprint density at radius 3 is 2.42 bits per heavy atom. The molecule has 0 saturated carbocycles. The van der Waals surface area contributed by atoms with Gasteiger partial charge in [0, 0.05) is 6.04 Å². The van der Waals surface area contributed by atoms with Gasteiger partial charge in [0.1, 0.15) is 0 Å². The molecule has 1 unspecified atom stereocenters. The number of rotatable bonds is 8. The molecule has 1 aromatic rings. The Kier molecular flexibility index (Phi) is 6.71. The molecule has 0 amide bonds. The monoisotopic (exact) mass is 265 g/mol. The lowest BCUT2D eigenvalue weighted by Crippen LogP contribution is -2.17. The predicted octanol–water partition coefficient (Wildman–Crippen LogP) is 3.40. The van der Waals surface area contributed by atoms with Crippen molar-refractivity contribution in [2.75, 3.05) is 13.2 Å². The van der Waals surface area contributed by atoms with E-state index < -0.39 is 0 Å². The van der Waals surface area contributed by atoms with E-state index in [1.54, 1.807) is 0 Å². The lowest BCUT2D eigenvalue weighted by atomic mass is 10.1. The number of nitrogens with two attached hydrogens (primary N) is 1. The molecule has 0 aliphatic heterocycles. The van der Waals surface area contributed by atoms with Gasteiger partial charge in [-0.25, -0.2) is 0 Å². The summed E-state index contributed by atoms with van der Waals surface area (Å²) in [6, 6.07) is 6.25. The van der Waals surface area contributed by atoms with Crippen LogP contribution in [0.5, 0.6) is 11.5 Å². The van der Waals surface area contributed by atoms with Crippen LogP contribution in [-0.2, 0) is 6.42 Å². The summed E-state index contributed by atoms with van der Waals surface area (Å²) in [7, 11) is 0. The quantitative estimate of drug-likeness (QED) is 0.783. The highest BCUT2D eigenvalue weighted by Gasteiger charge is 2.08. The molecule has 0 spiro atoms. The minimum Gasteiger partial charge on any atom is -0.490 e. The Hall–Kier alpha value is -1.22. The summed E-state index contributed by atoms with van der Waals surface area (Å²) < 4.78 is 11.5. The van der Waals surface area contributed by atoms with E-state index in [4.69, 9.17) is 15.2 Å². The van der Waals surface area contributed by atoms with Crippen molar-refractivity contribution in [2.24, 2.45) is 11.7 Å². The third kappa shape index (κ3) is 5.97. The van der Waals surface area contributed by atoms with Crippen molar-refractivity contribution in [1.29, 1.82) is 0 Å². The third-order valence-electron chi connectivity index (χ3n) is 2.82. The van der Waals surface area contributed by atoms with Gasteiger partial charge in [0.15, 0.2) is 11.5 Å². The molecule has 0 aromatic heterocycles. The molecule has 0 fully saturated rings. The predicted molar refractivity (Wildman–Crippen MR) is 79.9 cm³/mol. The Bertz CT molecular complexity index is 375. The van der Waals surface area contributed by atoms with Crippen LogP contribution in [0, 0.1) is 5.92 Å². The minimum absolute atomic E-state index is 0.155. The summed E-state index contributed by atoms with van der Waals surface area (Å²) >= 11 is 0. The first-order chi connectivity index (χ1) is 9.02. The second-order valence-corrected chi connectivity index (χ2v) is 5.43. The van der Waals surface area contributed by atoms with Gasteiger partial charge < -0.3 is 15.2 Å². The maximum atomic E-state index is 5.83. The summed E-state index contributed by atoms with van der Waals surface area (Å²) in [5.41, 5.74) is 7.02. The van der Waals surface area contributed by atoms with E-state index in [2.05, 4.69) is 19.9 Å². The third-order valence-corrected chi connectivity index (χ3v) is 2.82. The van der Waals surface area contributed by atoms with Gasteiger partial charge >= 0.3 is 0 Å². The van der Waals surface area contributed by atoms with E-state index >= 15 is 0 Å². The molecule has 1 rings (SSSR count). The van der Waals surface area contributed by atoms with Gasteiger partial charge in [0.05, 0.1) is 13.2 Å². The van der Waals surface area contributed by atoms with Gasteiger partial charge in [-0.1, -0.05) is 19.9 Å². The van der Waals surface area contributed by atoms with Crippen molar-refractivity contribution >= 4 is 0 Å².